The molecule has 3 rings (SSSR count). The van der Waals surface area contributed by atoms with Crippen molar-refractivity contribution in [3.8, 4) is 11.3 Å². The van der Waals surface area contributed by atoms with Crippen molar-refractivity contribution in [3.63, 3.8) is 0 Å². The van der Waals surface area contributed by atoms with Gasteiger partial charge < -0.3 is 5.32 Å². The van der Waals surface area contributed by atoms with Crippen LogP contribution in [0, 0.1) is 13.8 Å². The normalized spacial score (nSPS) is 10.5. The van der Waals surface area contributed by atoms with Gasteiger partial charge in [0.1, 0.15) is 0 Å². The second-order valence-electron chi connectivity index (χ2n) is 4.92. The summed E-state index contributed by atoms with van der Waals surface area (Å²) in [6, 6.07) is 18.5. The van der Waals surface area contributed by atoms with E-state index in [2.05, 4.69) is 59.7 Å². The second kappa shape index (κ2) is 5.21. The molecule has 0 fully saturated rings. The van der Waals surface area contributed by atoms with Gasteiger partial charge >= 0.3 is 0 Å². The van der Waals surface area contributed by atoms with Crippen LogP contribution in [0.3, 0.4) is 0 Å². The average molecular weight is 263 g/mol. The monoisotopic (exact) mass is 263 g/mol. The zero-order valence-corrected chi connectivity index (χ0v) is 11.6. The number of aromatic amines is 1. The van der Waals surface area contributed by atoms with Crippen LogP contribution in [0.25, 0.3) is 11.3 Å². The van der Waals surface area contributed by atoms with Gasteiger partial charge in [0.2, 0.25) is 0 Å². The Labute approximate surface area is 118 Å². The summed E-state index contributed by atoms with van der Waals surface area (Å²) in [7, 11) is 0. The number of aromatic nitrogens is 2. The molecule has 0 spiro atoms. The number of para-hydroxylation sites is 1. The molecule has 0 unspecified atom stereocenters. The zero-order valence-electron chi connectivity index (χ0n) is 11.6. The van der Waals surface area contributed by atoms with Crippen LogP contribution >= 0.6 is 0 Å². The molecule has 3 aromatic rings. The molecule has 3 heteroatoms. The molecule has 20 heavy (non-hydrogen) atoms. The van der Waals surface area contributed by atoms with Gasteiger partial charge in [-0.3, -0.25) is 5.10 Å². The minimum absolute atomic E-state index is 0.834. The van der Waals surface area contributed by atoms with Gasteiger partial charge in [-0.05, 0) is 30.5 Å². The molecule has 0 aliphatic heterocycles. The molecule has 0 bridgehead atoms. The van der Waals surface area contributed by atoms with Crippen molar-refractivity contribution >= 4 is 11.5 Å². The smallest absolute Gasteiger partial charge is 0.152 e. The number of benzene rings is 2. The van der Waals surface area contributed by atoms with Crippen LogP contribution in [0.15, 0.2) is 54.6 Å². The maximum absolute atomic E-state index is 4.33. The maximum atomic E-state index is 4.33. The summed E-state index contributed by atoms with van der Waals surface area (Å²) in [5, 5.41) is 10.8. The van der Waals surface area contributed by atoms with Gasteiger partial charge in [-0.1, -0.05) is 48.5 Å². The first-order valence-corrected chi connectivity index (χ1v) is 6.68. The molecule has 0 atom stereocenters. The van der Waals surface area contributed by atoms with Crippen LogP contribution < -0.4 is 5.32 Å². The standard InChI is InChI=1S/C17H17N3/c1-12-7-6-8-13(2)17(12)18-16-11-15(19-20-16)14-9-4-3-5-10-14/h3-11H,1-2H3,(H2,18,19,20). The highest BCUT2D eigenvalue weighted by Crippen LogP contribution is 2.25. The van der Waals surface area contributed by atoms with Gasteiger partial charge in [-0.25, -0.2) is 0 Å². The van der Waals surface area contributed by atoms with Crippen molar-refractivity contribution in [3.05, 3.63) is 65.7 Å². The number of nitrogens with zero attached hydrogens (tertiary/aromatic N) is 1. The van der Waals surface area contributed by atoms with Gasteiger partial charge in [-0.2, -0.15) is 5.10 Å². The lowest BCUT2D eigenvalue weighted by Crippen LogP contribution is -1.95. The van der Waals surface area contributed by atoms with E-state index in [1.807, 2.05) is 24.3 Å². The third-order valence-corrected chi connectivity index (χ3v) is 3.40. The molecule has 1 heterocycles. The number of hydrogen-bond acceptors (Lipinski definition) is 2. The lowest BCUT2D eigenvalue weighted by molar-refractivity contribution is 1.10. The fourth-order valence-electron chi connectivity index (χ4n) is 2.29. The van der Waals surface area contributed by atoms with Gasteiger partial charge in [-0.15, -0.1) is 0 Å². The van der Waals surface area contributed by atoms with Crippen molar-refractivity contribution < 1.29 is 0 Å². The van der Waals surface area contributed by atoms with Crippen LogP contribution in [-0.4, -0.2) is 10.2 Å². The molecular formula is C17H17N3. The first-order valence-electron chi connectivity index (χ1n) is 6.68. The molecule has 2 aromatic carbocycles. The fourth-order valence-corrected chi connectivity index (χ4v) is 2.29. The number of H-pyrrole nitrogens is 1. The Morgan fingerprint density at radius 2 is 1.60 bits per heavy atom. The number of rotatable bonds is 3. The molecule has 3 nitrogen and oxygen atoms in total. The Hall–Kier alpha value is -2.55. The van der Waals surface area contributed by atoms with Gasteiger partial charge in [0, 0.05) is 11.8 Å². The first kappa shape index (κ1) is 12.5. The summed E-state index contributed by atoms with van der Waals surface area (Å²) in [6.07, 6.45) is 0. The van der Waals surface area contributed by atoms with Gasteiger partial charge in [0.05, 0.1) is 5.69 Å². The molecule has 1 aromatic heterocycles. The Kier molecular flexibility index (Phi) is 3.25. The lowest BCUT2D eigenvalue weighted by atomic mass is 10.1. The molecule has 100 valence electrons. The van der Waals surface area contributed by atoms with Crippen molar-refractivity contribution in [2.45, 2.75) is 13.8 Å². The van der Waals surface area contributed by atoms with Gasteiger partial charge in [0.15, 0.2) is 5.82 Å². The van der Waals surface area contributed by atoms with Crippen LogP contribution in [-0.2, 0) is 0 Å². The van der Waals surface area contributed by atoms with E-state index in [1.165, 1.54) is 11.1 Å². The highest BCUT2D eigenvalue weighted by Gasteiger charge is 2.06. The van der Waals surface area contributed by atoms with Crippen LogP contribution in [0.2, 0.25) is 0 Å². The maximum Gasteiger partial charge on any atom is 0.152 e. The largest absolute Gasteiger partial charge is 0.338 e. The summed E-state index contributed by atoms with van der Waals surface area (Å²) in [5.74, 6) is 0.834. The number of anilines is 2. The first-order chi connectivity index (χ1) is 9.74. The summed E-state index contributed by atoms with van der Waals surface area (Å²) < 4.78 is 0. The summed E-state index contributed by atoms with van der Waals surface area (Å²) >= 11 is 0. The number of aryl methyl sites for hydroxylation is 2. The van der Waals surface area contributed by atoms with Crippen LogP contribution in [0.1, 0.15) is 11.1 Å². The summed E-state index contributed by atoms with van der Waals surface area (Å²) in [6.45, 7) is 4.19. The van der Waals surface area contributed by atoms with E-state index in [-0.39, 0.29) is 0 Å². The molecule has 0 saturated heterocycles. The summed E-state index contributed by atoms with van der Waals surface area (Å²) in [4.78, 5) is 0. The van der Waals surface area contributed by atoms with E-state index in [1.54, 1.807) is 0 Å². The molecule has 0 aliphatic rings. The Morgan fingerprint density at radius 3 is 2.30 bits per heavy atom. The van der Waals surface area contributed by atoms with E-state index in [4.69, 9.17) is 0 Å². The zero-order chi connectivity index (χ0) is 13.9. The Balaban J connectivity index is 1.88. The minimum atomic E-state index is 0.834. The van der Waals surface area contributed by atoms with E-state index in [0.717, 1.165) is 22.8 Å². The third kappa shape index (κ3) is 2.43. The topological polar surface area (TPSA) is 40.7 Å². The molecule has 0 radical (unpaired) electrons. The number of nitrogens with one attached hydrogen (secondary N) is 2. The second-order valence-corrected chi connectivity index (χ2v) is 4.92. The van der Waals surface area contributed by atoms with Crippen LogP contribution in [0.4, 0.5) is 11.5 Å². The SMILES string of the molecule is Cc1cccc(C)c1Nc1cc(-c2ccccc2)[nH]n1. The summed E-state index contributed by atoms with van der Waals surface area (Å²) in [5.41, 5.74) is 5.70. The Morgan fingerprint density at radius 1 is 0.900 bits per heavy atom. The van der Waals surface area contributed by atoms with Crippen molar-refractivity contribution in [2.75, 3.05) is 5.32 Å². The van der Waals surface area contributed by atoms with Crippen molar-refractivity contribution in [2.24, 2.45) is 0 Å². The van der Waals surface area contributed by atoms with E-state index < -0.39 is 0 Å². The van der Waals surface area contributed by atoms with Crippen LogP contribution in [0.5, 0.6) is 0 Å². The predicted octanol–water partition coefficient (Wildman–Crippen LogP) is 4.44. The van der Waals surface area contributed by atoms with E-state index in [0.29, 0.717) is 0 Å². The molecule has 0 amide bonds. The van der Waals surface area contributed by atoms with Crippen molar-refractivity contribution in [1.82, 2.24) is 10.2 Å². The highest BCUT2D eigenvalue weighted by atomic mass is 15.2. The Bertz CT molecular complexity index is 694. The molecule has 0 saturated carbocycles. The van der Waals surface area contributed by atoms with E-state index in [9.17, 15) is 0 Å². The average Bonchev–Trinajstić information content (AvgIpc) is 2.93. The molecule has 2 N–H and O–H groups in total. The van der Waals surface area contributed by atoms with Crippen molar-refractivity contribution in [1.29, 1.82) is 0 Å². The molecule has 0 aliphatic carbocycles. The van der Waals surface area contributed by atoms with E-state index >= 15 is 0 Å². The minimum Gasteiger partial charge on any atom is -0.338 e. The fraction of sp³-hybridized carbons (Fsp3) is 0.118. The predicted molar refractivity (Wildman–Crippen MR) is 83.2 cm³/mol. The molecular weight excluding hydrogens is 246 g/mol. The quantitative estimate of drug-likeness (QED) is 0.733. The highest BCUT2D eigenvalue weighted by molar-refractivity contribution is 5.68. The lowest BCUT2D eigenvalue weighted by Gasteiger charge is -2.09. The van der Waals surface area contributed by atoms with Gasteiger partial charge in [0.25, 0.3) is 0 Å². The third-order valence-electron chi connectivity index (χ3n) is 3.40. The number of hydrogen-bond donors (Lipinski definition) is 2.